The number of hydrogen-bond donors (Lipinski definition) is 0. The van der Waals surface area contributed by atoms with Crippen LogP contribution in [0, 0.1) is 17.2 Å². The van der Waals surface area contributed by atoms with Crippen LogP contribution in [0.15, 0.2) is 24.5 Å². The molecule has 1 fully saturated rings. The van der Waals surface area contributed by atoms with E-state index < -0.39 is 0 Å². The topological polar surface area (TPSA) is 45.9 Å². The molecule has 0 aliphatic carbocycles. The third-order valence-electron chi connectivity index (χ3n) is 3.19. The van der Waals surface area contributed by atoms with Gasteiger partial charge in [0.2, 0.25) is 0 Å². The van der Waals surface area contributed by atoms with Crippen molar-refractivity contribution in [3.05, 3.63) is 30.1 Å². The van der Waals surface area contributed by atoms with E-state index >= 15 is 0 Å². The Balaban J connectivity index is 2.34. The van der Waals surface area contributed by atoms with Crippen LogP contribution >= 0.6 is 0 Å². The average molecular weight is 202 g/mol. The molecule has 0 N–H and O–H groups in total. The molecular formula is C12H14N2O. The van der Waals surface area contributed by atoms with Crippen LogP contribution in [0.5, 0.6) is 0 Å². The highest BCUT2D eigenvalue weighted by Crippen LogP contribution is 2.40. The fourth-order valence-electron chi connectivity index (χ4n) is 2.15. The Morgan fingerprint density at radius 1 is 1.67 bits per heavy atom. The zero-order chi connectivity index (χ0) is 10.7. The predicted molar refractivity (Wildman–Crippen MR) is 56.1 cm³/mol. The molecule has 1 aliphatic heterocycles. The summed E-state index contributed by atoms with van der Waals surface area (Å²) in [5.41, 5.74) is 1.02. The van der Waals surface area contributed by atoms with Crippen molar-refractivity contribution >= 4 is 0 Å². The minimum absolute atomic E-state index is 0.0236. The summed E-state index contributed by atoms with van der Waals surface area (Å²) >= 11 is 0. The fraction of sp³-hybridized carbons (Fsp3) is 0.500. The van der Waals surface area contributed by atoms with Crippen molar-refractivity contribution in [2.75, 3.05) is 13.2 Å². The predicted octanol–water partition coefficient (Wildman–Crippen LogP) is 1.90. The van der Waals surface area contributed by atoms with Crippen molar-refractivity contribution in [1.29, 1.82) is 5.26 Å². The van der Waals surface area contributed by atoms with E-state index in [-0.39, 0.29) is 11.3 Å². The van der Waals surface area contributed by atoms with E-state index in [1.165, 1.54) is 0 Å². The van der Waals surface area contributed by atoms with Crippen molar-refractivity contribution in [2.45, 2.75) is 18.8 Å². The number of pyridine rings is 1. The van der Waals surface area contributed by atoms with Crippen LogP contribution in [0.1, 0.15) is 18.9 Å². The van der Waals surface area contributed by atoms with Gasteiger partial charge in [0.1, 0.15) is 0 Å². The van der Waals surface area contributed by atoms with E-state index in [1.807, 2.05) is 25.3 Å². The molecule has 3 heteroatoms. The average Bonchev–Trinajstić information content (AvgIpc) is 2.24. The second-order valence-electron chi connectivity index (χ2n) is 3.98. The lowest BCUT2D eigenvalue weighted by molar-refractivity contribution is -0.0806. The summed E-state index contributed by atoms with van der Waals surface area (Å²) in [6.07, 6.45) is 4.46. The van der Waals surface area contributed by atoms with Crippen molar-refractivity contribution in [1.82, 2.24) is 4.98 Å². The summed E-state index contributed by atoms with van der Waals surface area (Å²) in [5.74, 6) is 0.0236. The maximum absolute atomic E-state index is 9.16. The molecule has 78 valence electrons. The van der Waals surface area contributed by atoms with Gasteiger partial charge in [-0.2, -0.15) is 5.26 Å². The van der Waals surface area contributed by atoms with Gasteiger partial charge in [-0.15, -0.1) is 0 Å². The largest absolute Gasteiger partial charge is 0.379 e. The van der Waals surface area contributed by atoms with Gasteiger partial charge in [-0.25, -0.2) is 0 Å². The summed E-state index contributed by atoms with van der Waals surface area (Å²) in [4.78, 5) is 4.12. The molecule has 0 spiro atoms. The van der Waals surface area contributed by atoms with Gasteiger partial charge in [0.15, 0.2) is 0 Å². The van der Waals surface area contributed by atoms with E-state index in [0.29, 0.717) is 13.2 Å². The molecular weight excluding hydrogens is 188 g/mol. The van der Waals surface area contributed by atoms with Crippen molar-refractivity contribution in [3.8, 4) is 6.07 Å². The summed E-state index contributed by atoms with van der Waals surface area (Å²) in [6, 6.07) is 6.34. The first-order valence-electron chi connectivity index (χ1n) is 5.21. The Morgan fingerprint density at radius 2 is 2.47 bits per heavy atom. The summed E-state index contributed by atoms with van der Waals surface area (Å²) < 4.78 is 5.30. The molecule has 1 aromatic rings. The Labute approximate surface area is 89.7 Å². The summed E-state index contributed by atoms with van der Waals surface area (Å²) in [7, 11) is 0. The lowest BCUT2D eigenvalue weighted by Gasteiger charge is -2.44. The van der Waals surface area contributed by atoms with Crippen LogP contribution in [-0.2, 0) is 10.2 Å². The lowest BCUT2D eigenvalue weighted by atomic mass is 9.68. The molecule has 1 aromatic heterocycles. The highest BCUT2D eigenvalue weighted by Gasteiger charge is 2.46. The Morgan fingerprint density at radius 3 is 2.87 bits per heavy atom. The summed E-state index contributed by atoms with van der Waals surface area (Å²) in [6.45, 7) is 3.33. The molecule has 0 amide bonds. The summed E-state index contributed by atoms with van der Waals surface area (Å²) in [5, 5.41) is 9.16. The van der Waals surface area contributed by atoms with Gasteiger partial charge < -0.3 is 4.74 Å². The first kappa shape index (κ1) is 10.1. The van der Waals surface area contributed by atoms with Gasteiger partial charge in [0.05, 0.1) is 30.6 Å². The van der Waals surface area contributed by atoms with Crippen molar-refractivity contribution in [3.63, 3.8) is 0 Å². The first-order chi connectivity index (χ1) is 7.33. The SMILES string of the molecule is CCC(C#N)C1(c2cccnc2)COC1. The van der Waals surface area contributed by atoms with Gasteiger partial charge in [-0.05, 0) is 18.1 Å². The molecule has 15 heavy (non-hydrogen) atoms. The molecule has 0 bridgehead atoms. The zero-order valence-corrected chi connectivity index (χ0v) is 8.81. The normalized spacial score (nSPS) is 20.0. The lowest BCUT2D eigenvalue weighted by Crippen LogP contribution is -2.52. The molecule has 1 unspecified atom stereocenters. The van der Waals surface area contributed by atoms with Crippen LogP contribution < -0.4 is 0 Å². The molecule has 1 saturated heterocycles. The fourth-order valence-corrected chi connectivity index (χ4v) is 2.15. The Hall–Kier alpha value is -1.40. The van der Waals surface area contributed by atoms with Crippen LogP contribution in [0.25, 0.3) is 0 Å². The van der Waals surface area contributed by atoms with Crippen molar-refractivity contribution < 1.29 is 4.74 Å². The second-order valence-corrected chi connectivity index (χ2v) is 3.98. The molecule has 1 atom stereocenters. The quantitative estimate of drug-likeness (QED) is 0.752. The standard InChI is InChI=1S/C12H14N2O/c1-2-10(6-13)12(8-15-9-12)11-4-3-5-14-7-11/h3-5,7,10H,2,8-9H2,1H3. The second kappa shape index (κ2) is 4.00. The van der Waals surface area contributed by atoms with Crippen molar-refractivity contribution in [2.24, 2.45) is 5.92 Å². The highest BCUT2D eigenvalue weighted by molar-refractivity contribution is 5.28. The van der Waals surface area contributed by atoms with Gasteiger partial charge >= 0.3 is 0 Å². The first-order valence-corrected chi connectivity index (χ1v) is 5.21. The molecule has 2 heterocycles. The van der Waals surface area contributed by atoms with E-state index in [2.05, 4.69) is 11.1 Å². The maximum Gasteiger partial charge on any atom is 0.0666 e. The number of rotatable bonds is 3. The molecule has 0 aromatic carbocycles. The molecule has 0 radical (unpaired) electrons. The third kappa shape index (κ3) is 1.51. The number of aromatic nitrogens is 1. The minimum atomic E-state index is -0.113. The molecule has 3 nitrogen and oxygen atoms in total. The van der Waals surface area contributed by atoms with Gasteiger partial charge in [-0.3, -0.25) is 4.98 Å². The zero-order valence-electron chi connectivity index (χ0n) is 8.81. The van der Waals surface area contributed by atoms with E-state index in [4.69, 9.17) is 10.00 Å². The monoisotopic (exact) mass is 202 g/mol. The van der Waals surface area contributed by atoms with E-state index in [0.717, 1.165) is 12.0 Å². The Kier molecular flexibility index (Phi) is 2.70. The van der Waals surface area contributed by atoms with Gasteiger partial charge in [0.25, 0.3) is 0 Å². The van der Waals surface area contributed by atoms with E-state index in [9.17, 15) is 0 Å². The van der Waals surface area contributed by atoms with Crippen LogP contribution in [0.3, 0.4) is 0 Å². The van der Waals surface area contributed by atoms with Crippen LogP contribution in [0.2, 0.25) is 0 Å². The van der Waals surface area contributed by atoms with E-state index in [1.54, 1.807) is 6.20 Å². The number of ether oxygens (including phenoxy) is 1. The highest BCUT2D eigenvalue weighted by atomic mass is 16.5. The van der Waals surface area contributed by atoms with Crippen LogP contribution in [-0.4, -0.2) is 18.2 Å². The van der Waals surface area contributed by atoms with Gasteiger partial charge in [0, 0.05) is 12.4 Å². The number of nitrogens with zero attached hydrogens (tertiary/aromatic N) is 2. The third-order valence-corrected chi connectivity index (χ3v) is 3.19. The molecule has 1 aliphatic rings. The number of nitriles is 1. The Bertz CT molecular complexity index is 365. The molecule has 0 saturated carbocycles. The minimum Gasteiger partial charge on any atom is -0.379 e. The molecule has 2 rings (SSSR count). The smallest absolute Gasteiger partial charge is 0.0666 e. The number of hydrogen-bond acceptors (Lipinski definition) is 3. The van der Waals surface area contributed by atoms with Crippen LogP contribution in [0.4, 0.5) is 0 Å². The van der Waals surface area contributed by atoms with Gasteiger partial charge in [-0.1, -0.05) is 13.0 Å². The maximum atomic E-state index is 9.16.